The number of sulfonamides is 1. The average Bonchev–Trinajstić information content (AvgIpc) is 2.61. The summed E-state index contributed by atoms with van der Waals surface area (Å²) in [7, 11) is -3.81. The largest absolute Gasteiger partial charge is 0.491 e. The Morgan fingerprint density at radius 3 is 2.19 bits per heavy atom. The van der Waals surface area contributed by atoms with Gasteiger partial charge in [-0.05, 0) is 50.6 Å². The van der Waals surface area contributed by atoms with Crippen LogP contribution in [0.1, 0.15) is 37.4 Å². The van der Waals surface area contributed by atoms with Crippen LogP contribution in [0.5, 0.6) is 5.75 Å². The van der Waals surface area contributed by atoms with Gasteiger partial charge in [0.05, 0.1) is 17.0 Å². The predicted octanol–water partition coefficient (Wildman–Crippen LogP) is 2.18. The maximum Gasteiger partial charge on any atom is 0.241 e. The van der Waals surface area contributed by atoms with Gasteiger partial charge >= 0.3 is 0 Å². The molecule has 0 aromatic heterocycles. The second-order valence-electron chi connectivity index (χ2n) is 6.49. The van der Waals surface area contributed by atoms with Crippen molar-refractivity contribution >= 4 is 15.9 Å². The van der Waals surface area contributed by atoms with E-state index in [0.717, 1.165) is 5.56 Å². The fraction of sp³-hybridized carbons (Fsp3) is 0.316. The zero-order valence-corrected chi connectivity index (χ0v) is 16.4. The quantitative estimate of drug-likeness (QED) is 0.363. The molecular formula is C19H25N3O4S. The Morgan fingerprint density at radius 2 is 1.67 bits per heavy atom. The van der Waals surface area contributed by atoms with Crippen LogP contribution in [-0.2, 0) is 14.8 Å². The molecule has 146 valence electrons. The highest BCUT2D eigenvalue weighted by Crippen LogP contribution is 2.23. The summed E-state index contributed by atoms with van der Waals surface area (Å²) in [5.41, 5.74) is 3.62. The summed E-state index contributed by atoms with van der Waals surface area (Å²) in [5.74, 6) is 5.36. The van der Waals surface area contributed by atoms with Gasteiger partial charge in [-0.3, -0.25) is 10.2 Å². The molecule has 0 aliphatic carbocycles. The van der Waals surface area contributed by atoms with E-state index < -0.39 is 22.0 Å². The molecule has 0 aliphatic heterocycles. The number of carbonyl (C=O) groups is 1. The molecule has 2 aromatic carbocycles. The molecule has 2 aromatic rings. The van der Waals surface area contributed by atoms with Gasteiger partial charge in [0.15, 0.2) is 0 Å². The number of hydrogen-bond donors (Lipinski definition) is 3. The maximum absolute atomic E-state index is 12.7. The van der Waals surface area contributed by atoms with Crippen molar-refractivity contribution in [3.63, 3.8) is 0 Å². The number of nitrogens with two attached hydrogens (primary N) is 1. The Hall–Kier alpha value is -2.42. The molecule has 0 radical (unpaired) electrons. The van der Waals surface area contributed by atoms with Crippen LogP contribution < -0.4 is 20.7 Å². The van der Waals surface area contributed by atoms with Crippen LogP contribution in [0.25, 0.3) is 0 Å². The molecule has 0 saturated carbocycles. The van der Waals surface area contributed by atoms with Crippen LogP contribution in [-0.4, -0.2) is 20.4 Å². The molecule has 0 spiro atoms. The van der Waals surface area contributed by atoms with Gasteiger partial charge in [0.2, 0.25) is 15.9 Å². The number of benzene rings is 2. The van der Waals surface area contributed by atoms with Crippen molar-refractivity contribution in [2.45, 2.75) is 44.2 Å². The van der Waals surface area contributed by atoms with Gasteiger partial charge in [-0.1, -0.05) is 29.8 Å². The van der Waals surface area contributed by atoms with Crippen molar-refractivity contribution < 1.29 is 17.9 Å². The van der Waals surface area contributed by atoms with Crippen molar-refractivity contribution in [1.29, 1.82) is 0 Å². The fourth-order valence-electron chi connectivity index (χ4n) is 2.50. The highest BCUT2D eigenvalue weighted by Gasteiger charge is 2.23. The first-order valence-corrected chi connectivity index (χ1v) is 10.0. The van der Waals surface area contributed by atoms with Gasteiger partial charge in [-0.2, -0.15) is 0 Å². The predicted molar refractivity (Wildman–Crippen MR) is 103 cm³/mol. The molecule has 7 nitrogen and oxygen atoms in total. The normalized spacial score (nSPS) is 12.6. The molecule has 1 unspecified atom stereocenters. The second kappa shape index (κ2) is 8.98. The molecule has 1 atom stereocenters. The summed E-state index contributed by atoms with van der Waals surface area (Å²) in [6, 6.07) is 12.6. The summed E-state index contributed by atoms with van der Waals surface area (Å²) in [6.45, 7) is 5.70. The smallest absolute Gasteiger partial charge is 0.241 e. The summed E-state index contributed by atoms with van der Waals surface area (Å²) in [6.07, 6.45) is -0.110. The van der Waals surface area contributed by atoms with E-state index in [2.05, 4.69) is 4.72 Å². The number of carbonyl (C=O) groups excluding carboxylic acids is 1. The molecule has 0 fully saturated rings. The van der Waals surface area contributed by atoms with Crippen LogP contribution in [0.2, 0.25) is 0 Å². The van der Waals surface area contributed by atoms with Crippen LogP contribution in [0.4, 0.5) is 0 Å². The van der Waals surface area contributed by atoms with E-state index in [4.69, 9.17) is 10.6 Å². The minimum Gasteiger partial charge on any atom is -0.491 e. The maximum atomic E-state index is 12.7. The van der Waals surface area contributed by atoms with E-state index in [9.17, 15) is 13.2 Å². The Morgan fingerprint density at radius 1 is 1.07 bits per heavy atom. The molecular weight excluding hydrogens is 366 g/mol. The molecule has 0 bridgehead atoms. The van der Waals surface area contributed by atoms with Crippen LogP contribution in [0.3, 0.4) is 0 Å². The van der Waals surface area contributed by atoms with Gasteiger partial charge in [0, 0.05) is 6.42 Å². The van der Waals surface area contributed by atoms with Crippen LogP contribution >= 0.6 is 0 Å². The molecule has 0 aliphatic rings. The zero-order valence-electron chi connectivity index (χ0n) is 15.6. The van der Waals surface area contributed by atoms with Gasteiger partial charge in [-0.15, -0.1) is 0 Å². The van der Waals surface area contributed by atoms with Crippen LogP contribution in [0.15, 0.2) is 53.4 Å². The molecule has 0 saturated heterocycles. The highest BCUT2D eigenvalue weighted by atomic mass is 32.2. The van der Waals surface area contributed by atoms with Gasteiger partial charge < -0.3 is 4.74 Å². The second-order valence-corrected chi connectivity index (χ2v) is 8.21. The monoisotopic (exact) mass is 391 g/mol. The first kappa shape index (κ1) is 20.9. The molecule has 0 heterocycles. The third-order valence-electron chi connectivity index (χ3n) is 3.83. The third-order valence-corrected chi connectivity index (χ3v) is 5.32. The van der Waals surface area contributed by atoms with Crippen molar-refractivity contribution in [2.75, 3.05) is 0 Å². The molecule has 8 heteroatoms. The number of rotatable bonds is 8. The number of nitrogens with one attached hydrogen (secondary N) is 2. The van der Waals surface area contributed by atoms with E-state index in [-0.39, 0.29) is 17.4 Å². The lowest BCUT2D eigenvalue weighted by atomic mass is 10.0. The van der Waals surface area contributed by atoms with Crippen molar-refractivity contribution in [1.82, 2.24) is 10.1 Å². The van der Waals surface area contributed by atoms with E-state index in [1.165, 1.54) is 12.1 Å². The van der Waals surface area contributed by atoms with E-state index in [1.807, 2.05) is 26.2 Å². The lowest BCUT2D eigenvalue weighted by molar-refractivity contribution is -0.121. The first-order chi connectivity index (χ1) is 12.7. The zero-order chi connectivity index (χ0) is 20.0. The van der Waals surface area contributed by atoms with Gasteiger partial charge in [0.25, 0.3) is 0 Å². The Labute approximate surface area is 159 Å². The first-order valence-electron chi connectivity index (χ1n) is 8.56. The number of ether oxygens (including phenoxy) is 1. The number of amides is 1. The molecule has 27 heavy (non-hydrogen) atoms. The lowest BCUT2D eigenvalue weighted by Gasteiger charge is -2.19. The molecule has 1 amide bonds. The van der Waals surface area contributed by atoms with Crippen molar-refractivity contribution in [3.05, 3.63) is 59.7 Å². The molecule has 4 N–H and O–H groups in total. The third kappa shape index (κ3) is 6.06. The highest BCUT2D eigenvalue weighted by molar-refractivity contribution is 7.89. The van der Waals surface area contributed by atoms with Crippen LogP contribution in [0, 0.1) is 6.92 Å². The Kier molecular flexibility index (Phi) is 6.95. The van der Waals surface area contributed by atoms with E-state index >= 15 is 0 Å². The number of hydrazine groups is 1. The van der Waals surface area contributed by atoms with E-state index in [0.29, 0.717) is 11.3 Å². The number of hydrogen-bond acceptors (Lipinski definition) is 5. The lowest BCUT2D eigenvalue weighted by Crippen LogP contribution is -2.36. The van der Waals surface area contributed by atoms with Gasteiger partial charge in [-0.25, -0.2) is 19.0 Å². The number of aryl methyl sites for hydroxylation is 1. The minimum absolute atomic E-state index is 0.0229. The topological polar surface area (TPSA) is 111 Å². The molecule has 2 rings (SSSR count). The minimum atomic E-state index is -3.81. The summed E-state index contributed by atoms with van der Waals surface area (Å²) in [5, 5.41) is 0. The van der Waals surface area contributed by atoms with E-state index in [1.54, 1.807) is 36.4 Å². The Balaban J connectivity index is 2.28. The summed E-state index contributed by atoms with van der Waals surface area (Å²) >= 11 is 0. The summed E-state index contributed by atoms with van der Waals surface area (Å²) in [4.78, 5) is 11.9. The average molecular weight is 391 g/mol. The van der Waals surface area contributed by atoms with Crippen molar-refractivity contribution in [3.8, 4) is 5.75 Å². The Bertz CT molecular complexity index is 863. The fourth-order valence-corrected chi connectivity index (χ4v) is 3.72. The standard InChI is InChI=1S/C19H25N3O4S/c1-13(2)26-16-8-6-15(7-9-16)18(12-19(23)21-20)22-27(24,25)17-10-4-14(3)5-11-17/h4-11,13,18,22H,12,20H2,1-3H3,(H,21,23). The van der Waals surface area contributed by atoms with Gasteiger partial charge in [0.1, 0.15) is 5.75 Å². The van der Waals surface area contributed by atoms with Crippen molar-refractivity contribution in [2.24, 2.45) is 5.84 Å². The SMILES string of the molecule is Cc1ccc(S(=O)(=O)NC(CC(=O)NN)c2ccc(OC(C)C)cc2)cc1. The summed E-state index contributed by atoms with van der Waals surface area (Å²) < 4.78 is 33.6.